The minimum atomic E-state index is -5.41. The molecule has 2 aliphatic rings. The predicted molar refractivity (Wildman–Crippen MR) is 110 cm³/mol. The molecule has 3 unspecified atom stereocenters. The van der Waals surface area contributed by atoms with Crippen molar-refractivity contribution in [3.05, 3.63) is 25.3 Å². The number of carbonyl (C=O) groups is 1. The van der Waals surface area contributed by atoms with E-state index in [0.29, 0.717) is 6.42 Å². The van der Waals surface area contributed by atoms with Crippen LogP contribution >= 0.6 is 0 Å². The quantitative estimate of drug-likeness (QED) is 0.107. The number of aliphatic hydroxyl groups excluding tert-OH is 2. The van der Waals surface area contributed by atoms with Crippen LogP contribution in [0.1, 0.15) is 12.8 Å². The Bertz CT molecular complexity index is 937. The molecule has 14 nitrogen and oxygen atoms in total. The van der Waals surface area contributed by atoms with Crippen LogP contribution in [0.4, 0.5) is 0 Å². The highest BCUT2D eigenvalue weighted by Gasteiger charge is 2.47. The van der Waals surface area contributed by atoms with E-state index < -0.39 is 58.1 Å². The average molecular weight is 530 g/mol. The predicted octanol–water partition coefficient (Wildman–Crippen LogP) is -2.10. The van der Waals surface area contributed by atoms with Gasteiger partial charge in [-0.3, -0.25) is 13.2 Å². The molecule has 0 spiro atoms. The highest BCUT2D eigenvalue weighted by atomic mass is 32.3. The van der Waals surface area contributed by atoms with Crippen LogP contribution in [0.3, 0.4) is 0 Å². The van der Waals surface area contributed by atoms with Gasteiger partial charge in [0.25, 0.3) is 0 Å². The van der Waals surface area contributed by atoms with E-state index in [-0.39, 0.29) is 36.8 Å². The van der Waals surface area contributed by atoms with Gasteiger partial charge in [0, 0.05) is 12.5 Å². The number of hydrogen-bond donors (Lipinski definition) is 3. The van der Waals surface area contributed by atoms with Crippen LogP contribution in [-0.2, 0) is 43.4 Å². The first-order chi connectivity index (χ1) is 15.8. The van der Waals surface area contributed by atoms with Gasteiger partial charge >= 0.3 is 0 Å². The lowest BCUT2D eigenvalue weighted by atomic mass is 9.95. The molecule has 3 N–H and O–H groups in total. The Kier molecular flexibility index (Phi) is 10.1. The van der Waals surface area contributed by atoms with Gasteiger partial charge in [-0.15, -0.1) is 13.2 Å². The van der Waals surface area contributed by atoms with Gasteiger partial charge in [-0.1, -0.05) is 12.2 Å². The standard InChI is InChI=1S/C18H29NO13S2/c1-3-10-7-11(4-2)12(8-10)17(22)19-5-6-29-18-15(21)16(32-34(26,27)28)14(20)13(31-18)9-30-33(23,24)25/h3-4,10-16,18,20-21H,1-2,5-9H2,(H,19,22)(H,23,24,25)(H,26,27,28)/p-2/t10?,11?,12?,13-,14+,15-,16+,18-/m1/s1. The van der Waals surface area contributed by atoms with Crippen LogP contribution in [0.25, 0.3) is 0 Å². The fourth-order valence-electron chi connectivity index (χ4n) is 3.92. The highest BCUT2D eigenvalue weighted by Crippen LogP contribution is 2.37. The zero-order valence-electron chi connectivity index (χ0n) is 17.9. The van der Waals surface area contributed by atoms with Gasteiger partial charge in [-0.25, -0.2) is 16.8 Å². The van der Waals surface area contributed by atoms with Gasteiger partial charge < -0.3 is 34.1 Å². The molecule has 1 saturated carbocycles. The van der Waals surface area contributed by atoms with Crippen molar-refractivity contribution in [3.63, 3.8) is 0 Å². The number of allylic oxidation sites excluding steroid dienone is 2. The molecule has 1 amide bonds. The summed E-state index contributed by atoms with van der Waals surface area (Å²) in [6.07, 6.45) is -4.81. The Balaban J connectivity index is 1.97. The summed E-state index contributed by atoms with van der Waals surface area (Å²) in [5.74, 6) is -0.427. The first-order valence-electron chi connectivity index (χ1n) is 10.2. The van der Waals surface area contributed by atoms with Crippen LogP contribution in [0, 0.1) is 17.8 Å². The normalized spacial score (nSPS) is 34.5. The number of carbonyl (C=O) groups excluding carboxylic acids is 1. The molecule has 0 aromatic heterocycles. The molecule has 34 heavy (non-hydrogen) atoms. The minimum Gasteiger partial charge on any atom is -0.726 e. The number of aliphatic hydroxyl groups is 2. The fourth-order valence-corrected chi connectivity index (χ4v) is 4.72. The monoisotopic (exact) mass is 529 g/mol. The summed E-state index contributed by atoms with van der Waals surface area (Å²) < 4.78 is 83.5. The summed E-state index contributed by atoms with van der Waals surface area (Å²) in [6, 6.07) is 0. The highest BCUT2D eigenvalue weighted by molar-refractivity contribution is 7.81. The van der Waals surface area contributed by atoms with E-state index in [9.17, 15) is 40.9 Å². The maximum Gasteiger partial charge on any atom is 0.223 e. The van der Waals surface area contributed by atoms with Gasteiger partial charge in [-0.05, 0) is 24.7 Å². The van der Waals surface area contributed by atoms with Crippen LogP contribution in [-0.4, -0.2) is 92.5 Å². The molecule has 0 radical (unpaired) electrons. The van der Waals surface area contributed by atoms with Gasteiger partial charge in [0.1, 0.15) is 24.4 Å². The van der Waals surface area contributed by atoms with Crippen molar-refractivity contribution in [3.8, 4) is 0 Å². The van der Waals surface area contributed by atoms with Gasteiger partial charge in [0.2, 0.25) is 26.7 Å². The largest absolute Gasteiger partial charge is 0.726 e. The topological polar surface area (TPSA) is 221 Å². The maximum atomic E-state index is 12.5. The lowest BCUT2D eigenvalue weighted by molar-refractivity contribution is -0.295. The first kappa shape index (κ1) is 28.8. The van der Waals surface area contributed by atoms with Gasteiger partial charge in [0.05, 0.1) is 13.2 Å². The Hall–Kier alpha value is -1.47. The summed E-state index contributed by atoms with van der Waals surface area (Å²) in [5.41, 5.74) is 0. The van der Waals surface area contributed by atoms with Crippen molar-refractivity contribution in [2.75, 3.05) is 19.8 Å². The fraction of sp³-hybridized carbons (Fsp3) is 0.722. The molecule has 8 atom stereocenters. The smallest absolute Gasteiger partial charge is 0.223 e. The number of nitrogens with one attached hydrogen (secondary N) is 1. The maximum absolute atomic E-state index is 12.5. The second-order valence-corrected chi connectivity index (χ2v) is 9.88. The van der Waals surface area contributed by atoms with E-state index >= 15 is 0 Å². The molecule has 2 rings (SSSR count). The SMILES string of the molecule is C=CC1CC(C=C)C(C(=O)NCCO[C@@H]2O[C@H](COS(=O)(=O)[O-])[C@H](O)[C@H](OS(=O)(=O)[O-])[C@H]2O)C1. The molecule has 16 heteroatoms. The Morgan fingerprint density at radius 1 is 1.09 bits per heavy atom. The lowest BCUT2D eigenvalue weighted by Gasteiger charge is -2.42. The van der Waals surface area contributed by atoms with Crippen molar-refractivity contribution < 1.29 is 58.8 Å². The van der Waals surface area contributed by atoms with Crippen molar-refractivity contribution in [2.24, 2.45) is 17.8 Å². The molecule has 0 bridgehead atoms. The van der Waals surface area contributed by atoms with E-state index in [4.69, 9.17) is 9.47 Å². The molecule has 1 aliphatic heterocycles. The zero-order valence-corrected chi connectivity index (χ0v) is 19.6. The van der Waals surface area contributed by atoms with Crippen LogP contribution in [0.2, 0.25) is 0 Å². The third kappa shape index (κ3) is 8.33. The molecule has 1 saturated heterocycles. The average Bonchev–Trinajstić information content (AvgIpc) is 3.17. The second-order valence-electron chi connectivity index (χ2n) is 7.82. The van der Waals surface area contributed by atoms with Crippen molar-refractivity contribution in [2.45, 2.75) is 43.5 Å². The molecule has 0 aromatic carbocycles. The van der Waals surface area contributed by atoms with E-state index in [1.807, 2.05) is 0 Å². The zero-order chi connectivity index (χ0) is 25.7. The minimum absolute atomic E-state index is 0.0288. The molecule has 196 valence electrons. The molecule has 2 fully saturated rings. The van der Waals surface area contributed by atoms with Crippen LogP contribution in [0.5, 0.6) is 0 Å². The third-order valence-electron chi connectivity index (χ3n) is 5.55. The Morgan fingerprint density at radius 2 is 1.76 bits per heavy atom. The Labute approximate surface area is 197 Å². The summed E-state index contributed by atoms with van der Waals surface area (Å²) in [4.78, 5) is 12.5. The lowest BCUT2D eigenvalue weighted by Crippen LogP contribution is -2.61. The van der Waals surface area contributed by atoms with Gasteiger partial charge in [-0.2, -0.15) is 0 Å². The van der Waals surface area contributed by atoms with E-state index in [1.165, 1.54) is 0 Å². The molecule has 1 aliphatic carbocycles. The van der Waals surface area contributed by atoms with Crippen molar-refractivity contribution in [1.29, 1.82) is 0 Å². The third-order valence-corrected chi connectivity index (χ3v) is 6.43. The van der Waals surface area contributed by atoms with Crippen LogP contribution < -0.4 is 5.32 Å². The molecule has 1 heterocycles. The number of ether oxygens (including phenoxy) is 2. The molecule has 0 aromatic rings. The number of rotatable bonds is 12. The molecular formula is C18H27NO13S2-2. The van der Waals surface area contributed by atoms with Crippen LogP contribution in [0.15, 0.2) is 25.3 Å². The Morgan fingerprint density at radius 3 is 2.32 bits per heavy atom. The van der Waals surface area contributed by atoms with E-state index in [0.717, 1.165) is 6.42 Å². The number of hydrogen-bond acceptors (Lipinski definition) is 13. The van der Waals surface area contributed by atoms with E-state index in [2.05, 4.69) is 26.8 Å². The van der Waals surface area contributed by atoms with Crippen molar-refractivity contribution in [1.82, 2.24) is 5.32 Å². The number of amides is 1. The molecular weight excluding hydrogens is 502 g/mol. The summed E-state index contributed by atoms with van der Waals surface area (Å²) in [5, 5.41) is 23.0. The second kappa shape index (κ2) is 12.0. The van der Waals surface area contributed by atoms with Crippen molar-refractivity contribution >= 4 is 26.7 Å². The first-order valence-corrected chi connectivity index (χ1v) is 12.8. The summed E-state index contributed by atoms with van der Waals surface area (Å²) in [6.45, 7) is 6.06. The summed E-state index contributed by atoms with van der Waals surface area (Å²) in [7, 11) is -10.6. The summed E-state index contributed by atoms with van der Waals surface area (Å²) >= 11 is 0. The van der Waals surface area contributed by atoms with E-state index in [1.54, 1.807) is 12.2 Å². The van der Waals surface area contributed by atoms with Gasteiger partial charge in [0.15, 0.2) is 6.29 Å².